The number of hydrogen-bond acceptors (Lipinski definition) is 3. The van der Waals surface area contributed by atoms with Crippen molar-refractivity contribution >= 4 is 23.2 Å². The van der Waals surface area contributed by atoms with E-state index in [2.05, 4.69) is 10.3 Å². The summed E-state index contributed by atoms with van der Waals surface area (Å²) in [5.41, 5.74) is 5.84. The molecule has 1 rings (SSSR count). The Kier molecular flexibility index (Phi) is 3.22. The van der Waals surface area contributed by atoms with E-state index in [4.69, 9.17) is 17.3 Å². The molecular weight excluding hydrogens is 190 g/mol. The molecule has 0 saturated heterocycles. The predicted molar refractivity (Wildman–Crippen MR) is 51.5 cm³/mol. The first-order valence-corrected chi connectivity index (χ1v) is 4.16. The maximum absolute atomic E-state index is 11.1. The first-order chi connectivity index (χ1) is 6.11. The second-order valence-electron chi connectivity index (χ2n) is 2.62. The van der Waals surface area contributed by atoms with Gasteiger partial charge in [0.25, 0.3) is 0 Å². The van der Waals surface area contributed by atoms with Gasteiger partial charge < -0.3 is 11.1 Å². The van der Waals surface area contributed by atoms with Crippen LogP contribution in [0.4, 0.5) is 5.69 Å². The quantitative estimate of drug-likeness (QED) is 0.699. The lowest BCUT2D eigenvalue weighted by Crippen LogP contribution is -2.32. The SMILES string of the molecule is C[C@H](N)C(=O)Nc1cccnc1Cl. The molecule has 1 aromatic heterocycles. The summed E-state index contributed by atoms with van der Waals surface area (Å²) in [5, 5.41) is 2.81. The van der Waals surface area contributed by atoms with Gasteiger partial charge in [0.2, 0.25) is 5.91 Å². The number of halogens is 1. The van der Waals surface area contributed by atoms with Crippen molar-refractivity contribution in [2.24, 2.45) is 5.73 Å². The minimum Gasteiger partial charge on any atom is -0.322 e. The van der Waals surface area contributed by atoms with Crippen LogP contribution in [0.3, 0.4) is 0 Å². The molecule has 0 spiro atoms. The monoisotopic (exact) mass is 199 g/mol. The van der Waals surface area contributed by atoms with Crippen LogP contribution in [0.5, 0.6) is 0 Å². The molecule has 5 heteroatoms. The number of carbonyl (C=O) groups is 1. The Morgan fingerprint density at radius 3 is 3.00 bits per heavy atom. The fourth-order valence-corrected chi connectivity index (χ4v) is 0.892. The minimum absolute atomic E-state index is 0.261. The molecule has 70 valence electrons. The number of rotatable bonds is 2. The van der Waals surface area contributed by atoms with Crippen molar-refractivity contribution in [2.75, 3.05) is 5.32 Å². The van der Waals surface area contributed by atoms with E-state index in [-0.39, 0.29) is 11.1 Å². The van der Waals surface area contributed by atoms with E-state index in [1.54, 1.807) is 25.3 Å². The van der Waals surface area contributed by atoms with Crippen molar-refractivity contribution < 1.29 is 4.79 Å². The van der Waals surface area contributed by atoms with Crippen LogP contribution in [-0.2, 0) is 4.79 Å². The third kappa shape index (κ3) is 2.68. The molecule has 4 nitrogen and oxygen atoms in total. The Hall–Kier alpha value is -1.13. The maximum atomic E-state index is 11.1. The van der Waals surface area contributed by atoms with Gasteiger partial charge in [-0.3, -0.25) is 4.79 Å². The molecule has 3 N–H and O–H groups in total. The van der Waals surface area contributed by atoms with Crippen molar-refractivity contribution in [3.05, 3.63) is 23.5 Å². The van der Waals surface area contributed by atoms with Gasteiger partial charge in [0.1, 0.15) is 0 Å². The van der Waals surface area contributed by atoms with Gasteiger partial charge in [0, 0.05) is 6.20 Å². The van der Waals surface area contributed by atoms with Gasteiger partial charge in [-0.2, -0.15) is 0 Å². The molecule has 0 aromatic carbocycles. The zero-order valence-corrected chi connectivity index (χ0v) is 7.88. The van der Waals surface area contributed by atoms with Gasteiger partial charge >= 0.3 is 0 Å². The van der Waals surface area contributed by atoms with Crippen molar-refractivity contribution in [3.63, 3.8) is 0 Å². The summed E-state index contributed by atoms with van der Waals surface area (Å²) in [6.45, 7) is 1.60. The molecule has 0 saturated carbocycles. The van der Waals surface area contributed by atoms with Gasteiger partial charge in [-0.25, -0.2) is 4.98 Å². The molecule has 0 aliphatic carbocycles. The number of pyridine rings is 1. The van der Waals surface area contributed by atoms with E-state index >= 15 is 0 Å². The van der Waals surface area contributed by atoms with Crippen LogP contribution in [0.25, 0.3) is 0 Å². The standard InChI is InChI=1S/C8H10ClN3O/c1-5(10)8(13)12-6-3-2-4-11-7(6)9/h2-5H,10H2,1H3,(H,12,13)/t5-/m0/s1. The summed E-state index contributed by atoms with van der Waals surface area (Å²) < 4.78 is 0. The van der Waals surface area contributed by atoms with Gasteiger partial charge in [-0.05, 0) is 19.1 Å². The highest BCUT2D eigenvalue weighted by molar-refractivity contribution is 6.32. The lowest BCUT2D eigenvalue weighted by molar-refractivity contribution is -0.117. The molecule has 0 aliphatic heterocycles. The summed E-state index contributed by atoms with van der Waals surface area (Å²) in [5.74, 6) is -0.282. The van der Waals surface area contributed by atoms with Crippen LogP contribution < -0.4 is 11.1 Å². The van der Waals surface area contributed by atoms with E-state index in [1.807, 2.05) is 0 Å². The van der Waals surface area contributed by atoms with Gasteiger partial charge in [0.05, 0.1) is 11.7 Å². The Bertz CT molecular complexity index is 314. The normalized spacial score (nSPS) is 12.2. The molecule has 1 atom stereocenters. The molecule has 0 radical (unpaired) electrons. The zero-order valence-electron chi connectivity index (χ0n) is 7.12. The molecule has 0 unspecified atom stereocenters. The minimum atomic E-state index is -0.559. The Morgan fingerprint density at radius 2 is 2.46 bits per heavy atom. The Balaban J connectivity index is 2.75. The average molecular weight is 200 g/mol. The molecule has 1 aromatic rings. The summed E-state index contributed by atoms with van der Waals surface area (Å²) in [6.07, 6.45) is 1.55. The number of nitrogens with zero attached hydrogens (tertiary/aromatic N) is 1. The fourth-order valence-electron chi connectivity index (χ4n) is 0.726. The molecule has 1 heterocycles. The number of nitrogens with one attached hydrogen (secondary N) is 1. The highest BCUT2D eigenvalue weighted by Gasteiger charge is 2.09. The van der Waals surface area contributed by atoms with E-state index in [9.17, 15) is 4.79 Å². The predicted octanol–water partition coefficient (Wildman–Crippen LogP) is 1.02. The molecular formula is C8H10ClN3O. The number of amides is 1. The first kappa shape index (κ1) is 9.95. The van der Waals surface area contributed by atoms with E-state index < -0.39 is 6.04 Å². The number of hydrogen-bond donors (Lipinski definition) is 2. The highest BCUT2D eigenvalue weighted by atomic mass is 35.5. The van der Waals surface area contributed by atoms with Crippen molar-refractivity contribution in [1.29, 1.82) is 0 Å². The average Bonchev–Trinajstić information content (AvgIpc) is 2.08. The third-order valence-corrected chi connectivity index (χ3v) is 1.73. The highest BCUT2D eigenvalue weighted by Crippen LogP contribution is 2.17. The fraction of sp³-hybridized carbons (Fsp3) is 0.250. The summed E-state index contributed by atoms with van der Waals surface area (Å²) in [4.78, 5) is 14.9. The van der Waals surface area contributed by atoms with Gasteiger partial charge in [0.15, 0.2) is 5.15 Å². The lowest BCUT2D eigenvalue weighted by atomic mass is 10.3. The number of carbonyl (C=O) groups excluding carboxylic acids is 1. The van der Waals surface area contributed by atoms with Gasteiger partial charge in [-0.15, -0.1) is 0 Å². The summed E-state index contributed by atoms with van der Waals surface area (Å²) in [6, 6.07) is 2.79. The van der Waals surface area contributed by atoms with Crippen molar-refractivity contribution in [2.45, 2.75) is 13.0 Å². The molecule has 13 heavy (non-hydrogen) atoms. The number of aromatic nitrogens is 1. The van der Waals surface area contributed by atoms with Crippen LogP contribution in [-0.4, -0.2) is 16.9 Å². The number of anilines is 1. The largest absolute Gasteiger partial charge is 0.322 e. The maximum Gasteiger partial charge on any atom is 0.241 e. The van der Waals surface area contributed by atoms with E-state index in [0.717, 1.165) is 0 Å². The zero-order chi connectivity index (χ0) is 9.84. The lowest BCUT2D eigenvalue weighted by Gasteiger charge is -2.07. The topological polar surface area (TPSA) is 68.0 Å². The molecule has 0 fully saturated rings. The van der Waals surface area contributed by atoms with Crippen LogP contribution in [0, 0.1) is 0 Å². The Labute approximate surface area is 81.1 Å². The first-order valence-electron chi connectivity index (χ1n) is 3.78. The molecule has 0 bridgehead atoms. The third-order valence-electron chi connectivity index (χ3n) is 1.43. The van der Waals surface area contributed by atoms with Crippen LogP contribution in [0.2, 0.25) is 5.15 Å². The van der Waals surface area contributed by atoms with E-state index in [0.29, 0.717) is 5.69 Å². The van der Waals surface area contributed by atoms with Crippen molar-refractivity contribution in [1.82, 2.24) is 4.98 Å². The van der Waals surface area contributed by atoms with E-state index in [1.165, 1.54) is 0 Å². The number of nitrogens with two attached hydrogens (primary N) is 1. The summed E-state index contributed by atoms with van der Waals surface area (Å²) >= 11 is 5.71. The molecule has 1 amide bonds. The summed E-state index contributed by atoms with van der Waals surface area (Å²) in [7, 11) is 0. The second kappa shape index (κ2) is 4.20. The second-order valence-corrected chi connectivity index (χ2v) is 2.98. The van der Waals surface area contributed by atoms with Crippen molar-refractivity contribution in [3.8, 4) is 0 Å². The smallest absolute Gasteiger partial charge is 0.241 e. The van der Waals surface area contributed by atoms with Crippen LogP contribution in [0.1, 0.15) is 6.92 Å². The van der Waals surface area contributed by atoms with Crippen LogP contribution >= 0.6 is 11.6 Å². The van der Waals surface area contributed by atoms with Crippen LogP contribution in [0.15, 0.2) is 18.3 Å². The Morgan fingerprint density at radius 1 is 1.77 bits per heavy atom. The molecule has 0 aliphatic rings. The van der Waals surface area contributed by atoms with Gasteiger partial charge in [-0.1, -0.05) is 11.6 Å².